The van der Waals surface area contributed by atoms with E-state index < -0.39 is 0 Å². The van der Waals surface area contributed by atoms with Crippen LogP contribution in [0.3, 0.4) is 0 Å². The van der Waals surface area contributed by atoms with E-state index in [-0.39, 0.29) is 0 Å². The Kier molecular flexibility index (Phi) is 12.1. The van der Waals surface area contributed by atoms with E-state index in [1.165, 1.54) is 93.7 Å². The first-order valence-electron chi connectivity index (χ1n) is 12.8. The standard InChI is InChI=1S/C29H52O/c1-22(2)18-16-14-12-10-9-11-13-15-17-20-29(7,8)21-19-27-24(4)23(3)25(5)28(30)26(27)6/h22,30H,9-21H2,1-8H3. The summed E-state index contributed by atoms with van der Waals surface area (Å²) in [5.41, 5.74) is 6.52. The number of phenolic OH excluding ortho intramolecular Hbond substituents is 1. The van der Waals surface area contributed by atoms with E-state index in [1.54, 1.807) is 0 Å². The van der Waals surface area contributed by atoms with Gasteiger partial charge in [-0.3, -0.25) is 0 Å². The van der Waals surface area contributed by atoms with Crippen LogP contribution in [-0.4, -0.2) is 5.11 Å². The highest BCUT2D eigenvalue weighted by molar-refractivity contribution is 5.53. The van der Waals surface area contributed by atoms with Crippen molar-refractivity contribution in [2.24, 2.45) is 11.3 Å². The third-order valence-corrected chi connectivity index (χ3v) is 7.43. The van der Waals surface area contributed by atoms with Crippen LogP contribution in [0, 0.1) is 39.0 Å². The van der Waals surface area contributed by atoms with Crippen LogP contribution >= 0.6 is 0 Å². The van der Waals surface area contributed by atoms with Gasteiger partial charge >= 0.3 is 0 Å². The van der Waals surface area contributed by atoms with Crippen molar-refractivity contribution in [2.45, 2.75) is 139 Å². The Morgan fingerprint density at radius 3 is 1.67 bits per heavy atom. The maximum absolute atomic E-state index is 10.4. The molecule has 30 heavy (non-hydrogen) atoms. The molecule has 0 aromatic heterocycles. The van der Waals surface area contributed by atoms with Gasteiger partial charge in [0.05, 0.1) is 0 Å². The molecule has 0 radical (unpaired) electrons. The van der Waals surface area contributed by atoms with Crippen LogP contribution < -0.4 is 0 Å². The number of benzene rings is 1. The van der Waals surface area contributed by atoms with Gasteiger partial charge in [-0.1, -0.05) is 91.9 Å². The van der Waals surface area contributed by atoms with Crippen LogP contribution in [0.4, 0.5) is 0 Å². The van der Waals surface area contributed by atoms with E-state index in [1.807, 2.05) is 6.92 Å². The lowest BCUT2D eigenvalue weighted by atomic mass is 9.79. The summed E-state index contributed by atoms with van der Waals surface area (Å²) in [4.78, 5) is 0. The molecule has 0 heterocycles. The summed E-state index contributed by atoms with van der Waals surface area (Å²) in [5, 5.41) is 10.4. The average Bonchev–Trinajstić information content (AvgIpc) is 2.68. The molecule has 0 saturated carbocycles. The maximum Gasteiger partial charge on any atom is 0.121 e. The summed E-state index contributed by atoms with van der Waals surface area (Å²) >= 11 is 0. The first-order chi connectivity index (χ1) is 14.1. The smallest absolute Gasteiger partial charge is 0.121 e. The molecular formula is C29H52O. The summed E-state index contributed by atoms with van der Waals surface area (Å²) in [6.45, 7) is 18.0. The van der Waals surface area contributed by atoms with Crippen LogP contribution in [0.5, 0.6) is 5.75 Å². The van der Waals surface area contributed by atoms with Crippen LogP contribution in [0.15, 0.2) is 0 Å². The van der Waals surface area contributed by atoms with Gasteiger partial charge < -0.3 is 5.11 Å². The highest BCUT2D eigenvalue weighted by Crippen LogP contribution is 2.35. The van der Waals surface area contributed by atoms with Crippen molar-refractivity contribution < 1.29 is 5.11 Å². The zero-order valence-corrected chi connectivity index (χ0v) is 21.7. The normalized spacial score (nSPS) is 12.2. The summed E-state index contributed by atoms with van der Waals surface area (Å²) < 4.78 is 0. The molecular weight excluding hydrogens is 364 g/mol. The Balaban J connectivity index is 2.24. The molecule has 0 amide bonds. The van der Waals surface area contributed by atoms with Crippen molar-refractivity contribution in [2.75, 3.05) is 0 Å². The second kappa shape index (κ2) is 13.4. The molecule has 0 aliphatic heterocycles. The summed E-state index contributed by atoms with van der Waals surface area (Å²) in [7, 11) is 0. The molecule has 1 aromatic rings. The molecule has 1 N–H and O–H groups in total. The molecule has 0 saturated heterocycles. The quantitative estimate of drug-likeness (QED) is 0.282. The molecule has 0 fully saturated rings. The third kappa shape index (κ3) is 9.44. The predicted octanol–water partition coefficient (Wildman–Crippen LogP) is 9.53. The van der Waals surface area contributed by atoms with Gasteiger partial charge in [0.15, 0.2) is 0 Å². The van der Waals surface area contributed by atoms with Crippen molar-refractivity contribution in [1.82, 2.24) is 0 Å². The Hall–Kier alpha value is -0.980. The zero-order chi connectivity index (χ0) is 22.7. The summed E-state index contributed by atoms with van der Waals surface area (Å²) in [6, 6.07) is 0. The Bertz CT molecular complexity index is 595. The fourth-order valence-corrected chi connectivity index (χ4v) is 4.75. The van der Waals surface area contributed by atoms with Gasteiger partial charge in [-0.25, -0.2) is 0 Å². The molecule has 0 bridgehead atoms. The van der Waals surface area contributed by atoms with Gasteiger partial charge in [-0.2, -0.15) is 0 Å². The van der Waals surface area contributed by atoms with Crippen molar-refractivity contribution in [3.05, 3.63) is 27.8 Å². The number of phenols is 1. The lowest BCUT2D eigenvalue weighted by Crippen LogP contribution is -2.14. The van der Waals surface area contributed by atoms with Gasteiger partial charge in [0, 0.05) is 0 Å². The first kappa shape index (κ1) is 27.1. The number of hydrogen-bond acceptors (Lipinski definition) is 1. The van der Waals surface area contributed by atoms with Crippen molar-refractivity contribution in [3.8, 4) is 5.75 Å². The molecule has 0 spiro atoms. The minimum atomic E-state index is 0.379. The highest BCUT2D eigenvalue weighted by atomic mass is 16.3. The Labute approximate surface area is 189 Å². The van der Waals surface area contributed by atoms with Gasteiger partial charge in [-0.05, 0) is 86.1 Å². The van der Waals surface area contributed by atoms with E-state index in [2.05, 4.69) is 48.5 Å². The molecule has 1 rings (SSSR count). The molecule has 1 nitrogen and oxygen atoms in total. The predicted molar refractivity (Wildman–Crippen MR) is 135 cm³/mol. The van der Waals surface area contributed by atoms with E-state index >= 15 is 0 Å². The number of rotatable bonds is 15. The van der Waals surface area contributed by atoms with E-state index in [4.69, 9.17) is 0 Å². The lowest BCUT2D eigenvalue weighted by molar-refractivity contribution is 0.293. The van der Waals surface area contributed by atoms with Crippen molar-refractivity contribution >= 4 is 0 Å². The Morgan fingerprint density at radius 1 is 0.633 bits per heavy atom. The minimum Gasteiger partial charge on any atom is -0.507 e. The van der Waals surface area contributed by atoms with Gasteiger partial charge in [0.2, 0.25) is 0 Å². The van der Waals surface area contributed by atoms with E-state index in [0.717, 1.165) is 23.5 Å². The first-order valence-corrected chi connectivity index (χ1v) is 12.8. The zero-order valence-electron chi connectivity index (χ0n) is 21.7. The molecule has 0 unspecified atom stereocenters. The Morgan fingerprint density at radius 2 is 1.13 bits per heavy atom. The van der Waals surface area contributed by atoms with Crippen LogP contribution in [0.1, 0.15) is 133 Å². The molecule has 1 heteroatoms. The molecule has 174 valence electrons. The minimum absolute atomic E-state index is 0.379. The van der Waals surface area contributed by atoms with E-state index in [9.17, 15) is 5.11 Å². The molecule has 0 atom stereocenters. The van der Waals surface area contributed by atoms with Gasteiger partial charge in [0.1, 0.15) is 5.75 Å². The van der Waals surface area contributed by atoms with Gasteiger partial charge in [0.25, 0.3) is 0 Å². The molecule has 0 aliphatic carbocycles. The monoisotopic (exact) mass is 416 g/mol. The topological polar surface area (TPSA) is 20.2 Å². The maximum atomic E-state index is 10.4. The van der Waals surface area contributed by atoms with Crippen molar-refractivity contribution in [1.29, 1.82) is 0 Å². The third-order valence-electron chi connectivity index (χ3n) is 7.43. The lowest BCUT2D eigenvalue weighted by Gasteiger charge is -2.26. The van der Waals surface area contributed by atoms with Crippen molar-refractivity contribution in [3.63, 3.8) is 0 Å². The average molecular weight is 417 g/mol. The SMILES string of the molecule is Cc1c(C)c(O)c(C)c(CCC(C)(C)CCCCCCCCCCCC(C)C)c1C. The molecule has 0 aliphatic rings. The number of hydrogen-bond donors (Lipinski definition) is 1. The fraction of sp³-hybridized carbons (Fsp3) is 0.793. The van der Waals surface area contributed by atoms with Crippen LogP contribution in [0.25, 0.3) is 0 Å². The van der Waals surface area contributed by atoms with Gasteiger partial charge in [-0.15, -0.1) is 0 Å². The number of aromatic hydroxyl groups is 1. The summed E-state index contributed by atoms with van der Waals surface area (Å²) in [5.74, 6) is 1.38. The van der Waals surface area contributed by atoms with E-state index in [0.29, 0.717) is 11.2 Å². The second-order valence-corrected chi connectivity index (χ2v) is 11.1. The second-order valence-electron chi connectivity index (χ2n) is 11.1. The molecule has 1 aromatic carbocycles. The van der Waals surface area contributed by atoms with Crippen LogP contribution in [0.2, 0.25) is 0 Å². The fourth-order valence-electron chi connectivity index (χ4n) is 4.75. The summed E-state index contributed by atoms with van der Waals surface area (Å²) in [6.07, 6.45) is 17.7. The largest absolute Gasteiger partial charge is 0.507 e. The number of unbranched alkanes of at least 4 members (excludes halogenated alkanes) is 8. The van der Waals surface area contributed by atoms with Crippen LogP contribution in [-0.2, 0) is 6.42 Å². The highest BCUT2D eigenvalue weighted by Gasteiger charge is 2.20.